The molecule has 2 aliphatic rings. The Bertz CT molecular complexity index is 322. The molecule has 0 aromatic heterocycles. The summed E-state index contributed by atoms with van der Waals surface area (Å²) in [7, 11) is 0. The summed E-state index contributed by atoms with van der Waals surface area (Å²) in [5, 5.41) is 3.60. The minimum absolute atomic E-state index is 0. The third-order valence-corrected chi connectivity index (χ3v) is 3.45. The zero-order valence-electron chi connectivity index (χ0n) is 10.5. The number of benzene rings is 1. The van der Waals surface area contributed by atoms with Crippen LogP contribution in [-0.4, -0.2) is 6.54 Å². The van der Waals surface area contributed by atoms with E-state index in [0.717, 1.165) is 5.92 Å². The minimum atomic E-state index is 0. The first-order valence-corrected chi connectivity index (χ1v) is 6.77. The summed E-state index contributed by atoms with van der Waals surface area (Å²) >= 11 is 0. The molecule has 2 fully saturated rings. The van der Waals surface area contributed by atoms with Gasteiger partial charge in [0.15, 0.2) is 0 Å². The van der Waals surface area contributed by atoms with Crippen molar-refractivity contribution in [2.75, 3.05) is 6.54 Å². The van der Waals surface area contributed by atoms with Crippen molar-refractivity contribution in [3.8, 4) is 0 Å². The van der Waals surface area contributed by atoms with Gasteiger partial charge in [-0.3, -0.25) is 0 Å². The van der Waals surface area contributed by atoms with E-state index in [1.54, 1.807) is 11.1 Å². The Morgan fingerprint density at radius 2 is 1.65 bits per heavy atom. The highest BCUT2D eigenvalue weighted by atomic mass is 14.9. The first kappa shape index (κ1) is 14.2. The molecule has 17 heavy (non-hydrogen) atoms. The van der Waals surface area contributed by atoms with Crippen molar-refractivity contribution in [2.45, 2.75) is 58.9 Å². The van der Waals surface area contributed by atoms with Crippen molar-refractivity contribution in [2.24, 2.45) is 0 Å². The van der Waals surface area contributed by atoms with E-state index in [0.29, 0.717) is 6.04 Å². The SMILES string of the molecule is C.CC.c1ccc([C@H]2CCCN2)c(C2CC2)c1. The number of hydrogen-bond donors (Lipinski definition) is 1. The zero-order chi connectivity index (χ0) is 11.4. The molecule has 1 heterocycles. The van der Waals surface area contributed by atoms with Gasteiger partial charge in [-0.1, -0.05) is 45.5 Å². The summed E-state index contributed by atoms with van der Waals surface area (Å²) in [6, 6.07) is 9.66. The van der Waals surface area contributed by atoms with E-state index in [-0.39, 0.29) is 7.43 Å². The van der Waals surface area contributed by atoms with Crippen molar-refractivity contribution >= 4 is 0 Å². The number of nitrogens with one attached hydrogen (secondary N) is 1. The molecule has 0 unspecified atom stereocenters. The minimum Gasteiger partial charge on any atom is -0.310 e. The smallest absolute Gasteiger partial charge is 0.0323 e. The molecule has 1 N–H and O–H groups in total. The Balaban J connectivity index is 0.000000459. The fourth-order valence-electron chi connectivity index (χ4n) is 2.54. The van der Waals surface area contributed by atoms with Gasteiger partial charge in [0.1, 0.15) is 0 Å². The van der Waals surface area contributed by atoms with Gasteiger partial charge in [0.05, 0.1) is 0 Å². The maximum Gasteiger partial charge on any atom is 0.0323 e. The largest absolute Gasteiger partial charge is 0.310 e. The van der Waals surface area contributed by atoms with E-state index in [9.17, 15) is 0 Å². The molecule has 1 aromatic carbocycles. The van der Waals surface area contributed by atoms with E-state index in [4.69, 9.17) is 0 Å². The lowest BCUT2D eigenvalue weighted by atomic mass is 9.96. The van der Waals surface area contributed by atoms with E-state index in [2.05, 4.69) is 29.6 Å². The van der Waals surface area contributed by atoms with Crippen molar-refractivity contribution < 1.29 is 0 Å². The fraction of sp³-hybridized carbons (Fsp3) is 0.625. The number of hydrogen-bond acceptors (Lipinski definition) is 1. The lowest BCUT2D eigenvalue weighted by Crippen LogP contribution is -2.14. The van der Waals surface area contributed by atoms with Crippen LogP contribution in [0.1, 0.15) is 70.0 Å². The molecule has 1 saturated heterocycles. The van der Waals surface area contributed by atoms with Gasteiger partial charge in [-0.2, -0.15) is 0 Å². The standard InChI is InChI=1S/C13H17N.C2H6.CH4/c1-2-5-12(13-6-3-9-14-13)11(4-1)10-7-8-10;1-2;/h1-2,4-5,10,13-14H,3,6-9H2;1-2H3;1H4/t13-;;/m1../s1. The average Bonchev–Trinajstić information content (AvgIpc) is 3.07. The zero-order valence-corrected chi connectivity index (χ0v) is 10.5. The van der Waals surface area contributed by atoms with Crippen LogP contribution in [0.25, 0.3) is 0 Å². The van der Waals surface area contributed by atoms with Gasteiger partial charge < -0.3 is 5.32 Å². The van der Waals surface area contributed by atoms with Crippen molar-refractivity contribution in [1.82, 2.24) is 5.32 Å². The Morgan fingerprint density at radius 3 is 2.18 bits per heavy atom. The highest BCUT2D eigenvalue weighted by Gasteiger charge is 2.28. The van der Waals surface area contributed by atoms with E-state index in [1.807, 2.05) is 13.8 Å². The topological polar surface area (TPSA) is 12.0 Å². The van der Waals surface area contributed by atoms with Crippen LogP contribution in [0, 0.1) is 0 Å². The van der Waals surface area contributed by atoms with Crippen LogP contribution < -0.4 is 5.32 Å². The van der Waals surface area contributed by atoms with Crippen LogP contribution in [0.5, 0.6) is 0 Å². The van der Waals surface area contributed by atoms with Gasteiger partial charge in [-0.25, -0.2) is 0 Å². The van der Waals surface area contributed by atoms with E-state index in [1.165, 1.54) is 32.2 Å². The molecule has 0 bridgehead atoms. The van der Waals surface area contributed by atoms with Gasteiger partial charge in [0, 0.05) is 6.04 Å². The van der Waals surface area contributed by atoms with Crippen molar-refractivity contribution in [1.29, 1.82) is 0 Å². The third-order valence-electron chi connectivity index (χ3n) is 3.45. The van der Waals surface area contributed by atoms with Crippen LogP contribution in [0.2, 0.25) is 0 Å². The molecule has 1 atom stereocenters. The second-order valence-electron chi connectivity index (χ2n) is 4.55. The predicted molar refractivity (Wildman–Crippen MR) is 76.5 cm³/mol. The molecule has 96 valence electrons. The van der Waals surface area contributed by atoms with Gasteiger partial charge in [0.2, 0.25) is 0 Å². The molecule has 3 rings (SSSR count). The highest BCUT2D eigenvalue weighted by Crippen LogP contribution is 2.43. The first-order valence-electron chi connectivity index (χ1n) is 6.77. The van der Waals surface area contributed by atoms with Gasteiger partial charge in [-0.15, -0.1) is 0 Å². The third kappa shape index (κ3) is 3.32. The lowest BCUT2D eigenvalue weighted by molar-refractivity contribution is 0.640. The Kier molecular flexibility index (Phi) is 5.70. The molecule has 0 spiro atoms. The fourth-order valence-corrected chi connectivity index (χ4v) is 2.54. The molecule has 1 heteroatoms. The monoisotopic (exact) mass is 233 g/mol. The van der Waals surface area contributed by atoms with Crippen LogP contribution in [0.4, 0.5) is 0 Å². The van der Waals surface area contributed by atoms with Crippen LogP contribution in [-0.2, 0) is 0 Å². The maximum absolute atomic E-state index is 3.60. The summed E-state index contributed by atoms with van der Waals surface area (Å²) in [5.74, 6) is 0.883. The molecule has 1 aromatic rings. The summed E-state index contributed by atoms with van der Waals surface area (Å²) < 4.78 is 0. The molecule has 0 amide bonds. The normalized spacial score (nSPS) is 22.4. The van der Waals surface area contributed by atoms with E-state index < -0.39 is 0 Å². The molecule has 1 nitrogen and oxygen atoms in total. The van der Waals surface area contributed by atoms with Crippen LogP contribution in [0.15, 0.2) is 24.3 Å². The molecule has 1 saturated carbocycles. The van der Waals surface area contributed by atoms with Gasteiger partial charge >= 0.3 is 0 Å². The van der Waals surface area contributed by atoms with Crippen LogP contribution >= 0.6 is 0 Å². The number of rotatable bonds is 2. The molecule has 1 aliphatic carbocycles. The predicted octanol–water partition coefficient (Wildman–Crippen LogP) is 4.65. The van der Waals surface area contributed by atoms with E-state index >= 15 is 0 Å². The average molecular weight is 233 g/mol. The maximum atomic E-state index is 3.60. The second-order valence-corrected chi connectivity index (χ2v) is 4.55. The Labute approximate surface area is 107 Å². The summed E-state index contributed by atoms with van der Waals surface area (Å²) in [5.41, 5.74) is 3.19. The first-order chi connectivity index (χ1) is 7.95. The highest BCUT2D eigenvalue weighted by molar-refractivity contribution is 5.35. The van der Waals surface area contributed by atoms with Crippen molar-refractivity contribution in [3.63, 3.8) is 0 Å². The molecular formula is C16H27N. The van der Waals surface area contributed by atoms with Gasteiger partial charge in [-0.05, 0) is 49.3 Å². The Hall–Kier alpha value is -0.820. The summed E-state index contributed by atoms with van der Waals surface area (Å²) in [6.07, 6.45) is 5.47. The molecular weight excluding hydrogens is 206 g/mol. The summed E-state index contributed by atoms with van der Waals surface area (Å²) in [6.45, 7) is 5.20. The lowest BCUT2D eigenvalue weighted by Gasteiger charge is -2.15. The molecule has 0 radical (unpaired) electrons. The van der Waals surface area contributed by atoms with Crippen molar-refractivity contribution in [3.05, 3.63) is 35.4 Å². The molecule has 1 aliphatic heterocycles. The van der Waals surface area contributed by atoms with Gasteiger partial charge in [0.25, 0.3) is 0 Å². The second kappa shape index (κ2) is 6.80. The summed E-state index contributed by atoms with van der Waals surface area (Å²) in [4.78, 5) is 0. The van der Waals surface area contributed by atoms with Crippen LogP contribution in [0.3, 0.4) is 0 Å². The quantitative estimate of drug-likeness (QED) is 0.784. The Morgan fingerprint density at radius 1 is 1.00 bits per heavy atom.